The number of nitro benzene ring substituents is 1. The van der Waals surface area contributed by atoms with Crippen molar-refractivity contribution in [3.63, 3.8) is 0 Å². The van der Waals surface area contributed by atoms with Crippen LogP contribution >= 0.6 is 0 Å². The van der Waals surface area contributed by atoms with Crippen molar-refractivity contribution in [2.45, 2.75) is 103 Å². The first-order chi connectivity index (χ1) is 27.0. The first-order valence-electron chi connectivity index (χ1n) is 18.7. The number of nitrogens with zero attached hydrogens (tertiary/aromatic N) is 3. The van der Waals surface area contributed by atoms with Crippen LogP contribution in [0.25, 0.3) is 0 Å². The standard InChI is InChI=1S/C39H52N6O13/c1-21(2)15-27(35(50)43-14-10-12-28(43)38(54)55)41-34(49)29-16-22(3)20-44(29)36(51)31(39(4,5)6)42-33(48)26(11-8-9-13-30(46)58-7)40-32(47)23-17-24(37(52)53)19-25(18-23)45(56)57/h9,13,17-19,21,26-29,31H,3,8,10-12,14-16,20H2,1-2,4-7H3,(H,40,47)(H,41,49)(H,42,48)(H,52,53)(H,54,55)/b13-9+/t26-,27-,28-,29-,31+/m0/s1. The van der Waals surface area contributed by atoms with E-state index < -0.39 is 105 Å². The second-order valence-electron chi connectivity index (χ2n) is 15.8. The molecule has 316 valence electrons. The van der Waals surface area contributed by atoms with Gasteiger partial charge in [-0.3, -0.25) is 34.1 Å². The molecule has 0 radical (unpaired) electrons. The largest absolute Gasteiger partial charge is 0.480 e. The van der Waals surface area contributed by atoms with E-state index in [1.165, 1.54) is 15.9 Å². The van der Waals surface area contributed by atoms with Crippen LogP contribution in [0.1, 0.15) is 93.9 Å². The summed E-state index contributed by atoms with van der Waals surface area (Å²) in [5.41, 5.74) is -2.15. The van der Waals surface area contributed by atoms with Gasteiger partial charge in [-0.05, 0) is 55.9 Å². The van der Waals surface area contributed by atoms with Gasteiger partial charge in [0.25, 0.3) is 11.6 Å². The summed E-state index contributed by atoms with van der Waals surface area (Å²) in [5.74, 6) is -7.25. The van der Waals surface area contributed by atoms with Gasteiger partial charge >= 0.3 is 17.9 Å². The lowest BCUT2D eigenvalue weighted by Gasteiger charge is -2.36. The number of carbonyl (C=O) groups is 8. The number of hydrogen-bond donors (Lipinski definition) is 5. The highest BCUT2D eigenvalue weighted by Gasteiger charge is 2.45. The molecule has 0 aromatic heterocycles. The number of allylic oxidation sites excluding steroid dienone is 1. The SMILES string of the molecule is C=C1C[C@@H](C(=O)N[C@@H](CC(C)C)C(=O)N2CCC[C@H]2C(=O)O)N(C(=O)[C@@H](NC(=O)[C@H](CC/C=C/C(=O)OC)NC(=O)c2cc(C(=O)O)cc([N+](=O)[O-])c2)C(C)(C)C)C1. The second kappa shape index (κ2) is 19.8. The molecule has 0 unspecified atom stereocenters. The number of benzene rings is 1. The Balaban J connectivity index is 1.91. The number of nitro groups is 1. The number of non-ortho nitro benzene ring substituents is 1. The molecule has 2 aliphatic rings. The molecule has 0 spiro atoms. The second-order valence-corrected chi connectivity index (χ2v) is 15.8. The summed E-state index contributed by atoms with van der Waals surface area (Å²) in [6.45, 7) is 12.8. The molecule has 0 aliphatic carbocycles. The number of amides is 5. The fraction of sp³-hybridized carbons (Fsp3) is 0.538. The van der Waals surface area contributed by atoms with Crippen molar-refractivity contribution in [3.8, 4) is 0 Å². The minimum absolute atomic E-state index is 0.0199. The lowest BCUT2D eigenvalue weighted by Crippen LogP contribution is -2.61. The average Bonchev–Trinajstić information content (AvgIpc) is 3.80. The molecule has 2 aliphatic heterocycles. The fourth-order valence-corrected chi connectivity index (χ4v) is 6.76. The number of rotatable bonds is 17. The number of aromatic carboxylic acids is 1. The van der Waals surface area contributed by atoms with E-state index >= 15 is 0 Å². The molecule has 1 aromatic carbocycles. The van der Waals surface area contributed by atoms with Crippen molar-refractivity contribution < 1.29 is 58.2 Å². The number of carbonyl (C=O) groups excluding carboxylic acids is 6. The van der Waals surface area contributed by atoms with Crippen LogP contribution in [0.4, 0.5) is 5.69 Å². The lowest BCUT2D eigenvalue weighted by atomic mass is 9.85. The first-order valence-corrected chi connectivity index (χ1v) is 18.7. The van der Waals surface area contributed by atoms with Gasteiger partial charge < -0.3 is 40.7 Å². The Morgan fingerprint density at radius 2 is 1.62 bits per heavy atom. The van der Waals surface area contributed by atoms with Gasteiger partial charge in [-0.2, -0.15) is 0 Å². The zero-order chi connectivity index (χ0) is 43.6. The monoisotopic (exact) mass is 812 g/mol. The van der Waals surface area contributed by atoms with Crippen LogP contribution in [0.3, 0.4) is 0 Å². The van der Waals surface area contributed by atoms with Crippen LogP contribution in [0.2, 0.25) is 0 Å². The van der Waals surface area contributed by atoms with E-state index in [2.05, 4.69) is 27.3 Å². The van der Waals surface area contributed by atoms with E-state index in [1.54, 1.807) is 20.8 Å². The summed E-state index contributed by atoms with van der Waals surface area (Å²) in [6.07, 6.45) is 3.35. The Morgan fingerprint density at radius 3 is 2.19 bits per heavy atom. The molecule has 5 amide bonds. The van der Waals surface area contributed by atoms with Crippen molar-refractivity contribution in [3.05, 3.63) is 63.7 Å². The molecule has 2 heterocycles. The topological polar surface area (TPSA) is 272 Å². The molecule has 2 saturated heterocycles. The summed E-state index contributed by atoms with van der Waals surface area (Å²) in [6, 6.07) is -3.49. The smallest absolute Gasteiger partial charge is 0.335 e. The van der Waals surface area contributed by atoms with Crippen molar-refractivity contribution in [2.75, 3.05) is 20.2 Å². The van der Waals surface area contributed by atoms with Crippen molar-refractivity contribution >= 4 is 53.1 Å². The number of hydrogen-bond acceptors (Lipinski definition) is 11. The third-order valence-corrected chi connectivity index (χ3v) is 9.72. The molecule has 58 heavy (non-hydrogen) atoms. The number of carboxylic acids is 2. The first kappa shape index (κ1) is 46.2. The Bertz CT molecular complexity index is 1820. The van der Waals surface area contributed by atoms with E-state index in [4.69, 9.17) is 0 Å². The van der Waals surface area contributed by atoms with Gasteiger partial charge in [-0.1, -0.05) is 52.8 Å². The third-order valence-electron chi connectivity index (χ3n) is 9.72. The summed E-state index contributed by atoms with van der Waals surface area (Å²) in [5, 5.41) is 38.5. The van der Waals surface area contributed by atoms with E-state index in [-0.39, 0.29) is 51.1 Å². The van der Waals surface area contributed by atoms with Gasteiger partial charge in [-0.25, -0.2) is 14.4 Å². The molecule has 1 aromatic rings. The fourth-order valence-electron chi connectivity index (χ4n) is 6.76. The Kier molecular flexibility index (Phi) is 15.8. The highest BCUT2D eigenvalue weighted by molar-refractivity contribution is 6.01. The van der Waals surface area contributed by atoms with Crippen LogP contribution in [0, 0.1) is 21.4 Å². The number of aliphatic carboxylic acids is 1. The summed E-state index contributed by atoms with van der Waals surface area (Å²) < 4.78 is 4.58. The Morgan fingerprint density at radius 1 is 0.966 bits per heavy atom. The minimum atomic E-state index is -1.54. The molecule has 0 bridgehead atoms. The highest BCUT2D eigenvalue weighted by atomic mass is 16.6. The van der Waals surface area contributed by atoms with Gasteiger partial charge in [0.2, 0.25) is 23.6 Å². The van der Waals surface area contributed by atoms with E-state index in [1.807, 2.05) is 13.8 Å². The number of likely N-dealkylation sites (tertiary alicyclic amines) is 2. The maximum Gasteiger partial charge on any atom is 0.335 e. The Hall–Kier alpha value is -6.14. The number of methoxy groups -OCH3 is 1. The summed E-state index contributed by atoms with van der Waals surface area (Å²) in [7, 11) is 1.16. The third kappa shape index (κ3) is 12.2. The molecule has 2 fully saturated rings. The van der Waals surface area contributed by atoms with Crippen LogP contribution in [0.15, 0.2) is 42.5 Å². The predicted octanol–water partition coefficient (Wildman–Crippen LogP) is 2.20. The van der Waals surface area contributed by atoms with E-state index in [9.17, 15) is 58.7 Å². The van der Waals surface area contributed by atoms with Gasteiger partial charge in [0.05, 0.1) is 17.6 Å². The van der Waals surface area contributed by atoms with Crippen LogP contribution in [-0.4, -0.2) is 123 Å². The predicted molar refractivity (Wildman–Crippen MR) is 206 cm³/mol. The molecule has 5 atom stereocenters. The number of carboxylic acid groups (broad SMARTS) is 2. The minimum Gasteiger partial charge on any atom is -0.480 e. The molecule has 3 rings (SSSR count). The maximum atomic E-state index is 14.4. The van der Waals surface area contributed by atoms with Crippen LogP contribution < -0.4 is 16.0 Å². The average molecular weight is 813 g/mol. The zero-order valence-corrected chi connectivity index (χ0v) is 33.4. The molecule has 0 saturated carbocycles. The van der Waals surface area contributed by atoms with Gasteiger partial charge in [0.15, 0.2) is 0 Å². The van der Waals surface area contributed by atoms with E-state index in [0.717, 1.165) is 31.4 Å². The van der Waals surface area contributed by atoms with Crippen LogP contribution in [0.5, 0.6) is 0 Å². The summed E-state index contributed by atoms with van der Waals surface area (Å²) >= 11 is 0. The molecule has 19 heteroatoms. The van der Waals surface area contributed by atoms with E-state index in [0.29, 0.717) is 12.0 Å². The quantitative estimate of drug-likeness (QED) is 0.0497. The lowest BCUT2D eigenvalue weighted by molar-refractivity contribution is -0.384. The van der Waals surface area contributed by atoms with Crippen molar-refractivity contribution in [1.82, 2.24) is 25.8 Å². The number of esters is 1. The molecular weight excluding hydrogens is 760 g/mol. The molecular formula is C39H52N6O13. The highest BCUT2D eigenvalue weighted by Crippen LogP contribution is 2.29. The number of ether oxygens (including phenoxy) is 1. The summed E-state index contributed by atoms with van der Waals surface area (Å²) in [4.78, 5) is 118. The normalized spacial score (nSPS) is 18.4. The Labute approximate surface area is 335 Å². The van der Waals surface area contributed by atoms with Gasteiger partial charge in [0, 0.05) is 36.9 Å². The van der Waals surface area contributed by atoms with Crippen molar-refractivity contribution in [2.24, 2.45) is 11.3 Å². The zero-order valence-electron chi connectivity index (χ0n) is 33.4. The molecule has 5 N–H and O–H groups in total. The maximum absolute atomic E-state index is 14.4. The van der Waals surface area contributed by atoms with Gasteiger partial charge in [0.1, 0.15) is 30.2 Å². The van der Waals surface area contributed by atoms with Crippen molar-refractivity contribution in [1.29, 1.82) is 0 Å². The van der Waals surface area contributed by atoms with Gasteiger partial charge in [-0.15, -0.1) is 0 Å². The number of nitrogens with one attached hydrogen (secondary N) is 3. The van der Waals surface area contributed by atoms with Crippen LogP contribution in [-0.2, 0) is 33.5 Å². The molecule has 19 nitrogen and oxygen atoms in total.